The summed E-state index contributed by atoms with van der Waals surface area (Å²) in [6.07, 6.45) is 1.82. The summed E-state index contributed by atoms with van der Waals surface area (Å²) in [5.41, 5.74) is 4.26. The molecule has 2 aromatic rings. The maximum Gasteiger partial charge on any atom is 0.128 e. The summed E-state index contributed by atoms with van der Waals surface area (Å²) in [4.78, 5) is 6.49. The van der Waals surface area contributed by atoms with Crippen molar-refractivity contribution < 1.29 is 4.74 Å². The van der Waals surface area contributed by atoms with Gasteiger partial charge in [0.2, 0.25) is 0 Å². The second-order valence-corrected chi connectivity index (χ2v) is 4.50. The van der Waals surface area contributed by atoms with Crippen LogP contribution in [0.5, 0.6) is 5.75 Å². The van der Waals surface area contributed by atoms with Crippen molar-refractivity contribution in [2.75, 3.05) is 26.1 Å². The molecule has 0 fully saturated rings. The first-order valence-corrected chi connectivity index (χ1v) is 5.90. The average molecular weight is 242 g/mol. The van der Waals surface area contributed by atoms with Crippen LogP contribution in [-0.2, 0) is 0 Å². The first-order chi connectivity index (χ1) is 8.61. The first-order valence-electron chi connectivity index (χ1n) is 5.90. The molecule has 1 aromatic heterocycles. The van der Waals surface area contributed by atoms with Crippen molar-refractivity contribution in [1.29, 1.82) is 0 Å². The van der Waals surface area contributed by atoms with Crippen LogP contribution in [0.15, 0.2) is 36.5 Å². The van der Waals surface area contributed by atoms with Gasteiger partial charge in [0, 0.05) is 31.5 Å². The van der Waals surface area contributed by atoms with Crippen LogP contribution >= 0.6 is 0 Å². The monoisotopic (exact) mass is 242 g/mol. The highest BCUT2D eigenvalue weighted by molar-refractivity contribution is 5.70. The van der Waals surface area contributed by atoms with Crippen LogP contribution in [0.25, 0.3) is 11.3 Å². The average Bonchev–Trinajstić information content (AvgIpc) is 2.38. The topological polar surface area (TPSA) is 25.4 Å². The van der Waals surface area contributed by atoms with Crippen molar-refractivity contribution in [3.05, 3.63) is 42.1 Å². The minimum absolute atomic E-state index is 0.860. The molecule has 94 valence electrons. The summed E-state index contributed by atoms with van der Waals surface area (Å²) >= 11 is 0. The van der Waals surface area contributed by atoms with Crippen LogP contribution in [0, 0.1) is 6.92 Å². The summed E-state index contributed by atoms with van der Waals surface area (Å²) in [6, 6.07) is 10.2. The number of benzene rings is 1. The summed E-state index contributed by atoms with van der Waals surface area (Å²) in [5.74, 6) is 0.860. The molecule has 3 heteroatoms. The van der Waals surface area contributed by atoms with Crippen molar-refractivity contribution in [3.8, 4) is 17.0 Å². The third-order valence-electron chi connectivity index (χ3n) is 2.89. The minimum atomic E-state index is 0.860. The van der Waals surface area contributed by atoms with E-state index in [4.69, 9.17) is 4.74 Å². The largest absolute Gasteiger partial charge is 0.496 e. The Morgan fingerprint density at radius 3 is 2.56 bits per heavy atom. The lowest BCUT2D eigenvalue weighted by atomic mass is 10.1. The first kappa shape index (κ1) is 12.4. The van der Waals surface area contributed by atoms with Gasteiger partial charge >= 0.3 is 0 Å². The van der Waals surface area contributed by atoms with Gasteiger partial charge in [-0.2, -0.15) is 0 Å². The molecule has 0 spiro atoms. The van der Waals surface area contributed by atoms with Gasteiger partial charge in [-0.15, -0.1) is 0 Å². The Morgan fingerprint density at radius 2 is 1.89 bits per heavy atom. The number of anilines is 1. The van der Waals surface area contributed by atoms with Crippen molar-refractivity contribution in [3.63, 3.8) is 0 Å². The molecule has 3 nitrogen and oxygen atoms in total. The summed E-state index contributed by atoms with van der Waals surface area (Å²) < 4.78 is 5.43. The van der Waals surface area contributed by atoms with Crippen LogP contribution in [0.3, 0.4) is 0 Å². The lowest BCUT2D eigenvalue weighted by molar-refractivity contribution is 0.416. The van der Waals surface area contributed by atoms with Crippen LogP contribution in [-0.4, -0.2) is 26.2 Å². The highest BCUT2D eigenvalue weighted by Gasteiger charge is 2.08. The van der Waals surface area contributed by atoms with Gasteiger partial charge in [0.1, 0.15) is 5.75 Å². The van der Waals surface area contributed by atoms with Crippen LogP contribution in [0.4, 0.5) is 5.69 Å². The van der Waals surface area contributed by atoms with E-state index in [9.17, 15) is 0 Å². The molecule has 0 aliphatic carbocycles. The van der Waals surface area contributed by atoms with E-state index in [0.717, 1.165) is 22.7 Å². The molecule has 18 heavy (non-hydrogen) atoms. The van der Waals surface area contributed by atoms with Gasteiger partial charge in [0.05, 0.1) is 12.8 Å². The predicted octanol–water partition coefficient (Wildman–Crippen LogP) is 3.13. The fourth-order valence-corrected chi connectivity index (χ4v) is 1.85. The van der Waals surface area contributed by atoms with Gasteiger partial charge in [-0.25, -0.2) is 0 Å². The standard InChI is InChI=1S/C15H18N2O/c1-11-5-6-13(15(9-11)18-4)14-10-12(17(2)3)7-8-16-14/h5-10H,1-4H3. The molecule has 0 radical (unpaired) electrons. The maximum absolute atomic E-state index is 5.43. The second kappa shape index (κ2) is 5.08. The number of ether oxygens (including phenoxy) is 1. The molecule has 0 amide bonds. The lowest BCUT2D eigenvalue weighted by Gasteiger charge is -2.14. The highest BCUT2D eigenvalue weighted by Crippen LogP contribution is 2.30. The second-order valence-electron chi connectivity index (χ2n) is 4.50. The fraction of sp³-hybridized carbons (Fsp3) is 0.267. The Morgan fingerprint density at radius 1 is 1.11 bits per heavy atom. The zero-order valence-electron chi connectivity index (χ0n) is 11.3. The van der Waals surface area contributed by atoms with E-state index in [0.29, 0.717) is 0 Å². The predicted molar refractivity (Wildman–Crippen MR) is 75.3 cm³/mol. The molecule has 0 saturated heterocycles. The number of aryl methyl sites for hydroxylation is 1. The Labute approximate surface area is 108 Å². The van der Waals surface area contributed by atoms with E-state index in [1.165, 1.54) is 5.56 Å². The van der Waals surface area contributed by atoms with Crippen molar-refractivity contribution in [2.45, 2.75) is 6.92 Å². The van der Waals surface area contributed by atoms with E-state index >= 15 is 0 Å². The van der Waals surface area contributed by atoms with E-state index < -0.39 is 0 Å². The van der Waals surface area contributed by atoms with Gasteiger partial charge in [-0.05, 0) is 36.8 Å². The van der Waals surface area contributed by atoms with Crippen LogP contribution in [0.2, 0.25) is 0 Å². The smallest absolute Gasteiger partial charge is 0.128 e. The number of aromatic nitrogens is 1. The SMILES string of the molecule is COc1cc(C)ccc1-c1cc(N(C)C)ccn1. The molecule has 0 aliphatic heterocycles. The highest BCUT2D eigenvalue weighted by atomic mass is 16.5. The molecule has 0 bridgehead atoms. The van der Waals surface area contributed by atoms with Crippen LogP contribution in [0.1, 0.15) is 5.56 Å². The molecule has 0 atom stereocenters. The fourth-order valence-electron chi connectivity index (χ4n) is 1.85. The van der Waals surface area contributed by atoms with Crippen molar-refractivity contribution >= 4 is 5.69 Å². The summed E-state index contributed by atoms with van der Waals surface area (Å²) in [7, 11) is 5.73. The van der Waals surface area contributed by atoms with Gasteiger partial charge in [-0.3, -0.25) is 4.98 Å². The van der Waals surface area contributed by atoms with Crippen LogP contribution < -0.4 is 9.64 Å². The number of hydrogen-bond donors (Lipinski definition) is 0. The van der Waals surface area contributed by atoms with E-state index in [-0.39, 0.29) is 0 Å². The molecule has 0 aliphatic rings. The molecule has 1 aromatic carbocycles. The third kappa shape index (κ3) is 2.45. The summed E-state index contributed by atoms with van der Waals surface area (Å²) in [5, 5.41) is 0. The molecule has 1 heterocycles. The molecular formula is C15H18N2O. The molecule has 2 rings (SSSR count). The Bertz CT molecular complexity index is 550. The van der Waals surface area contributed by atoms with Gasteiger partial charge in [0.15, 0.2) is 0 Å². The number of nitrogens with zero attached hydrogens (tertiary/aromatic N) is 2. The van der Waals surface area contributed by atoms with Gasteiger partial charge < -0.3 is 9.64 Å². The number of hydrogen-bond acceptors (Lipinski definition) is 3. The van der Waals surface area contributed by atoms with Crippen molar-refractivity contribution in [2.24, 2.45) is 0 Å². The zero-order valence-corrected chi connectivity index (χ0v) is 11.3. The van der Waals surface area contributed by atoms with E-state index in [2.05, 4.69) is 35.0 Å². The Hall–Kier alpha value is -2.03. The lowest BCUT2D eigenvalue weighted by Crippen LogP contribution is -2.08. The molecular weight excluding hydrogens is 224 g/mol. The Balaban J connectivity index is 2.51. The zero-order chi connectivity index (χ0) is 13.1. The van der Waals surface area contributed by atoms with Gasteiger partial charge in [-0.1, -0.05) is 6.07 Å². The van der Waals surface area contributed by atoms with Gasteiger partial charge in [0.25, 0.3) is 0 Å². The van der Waals surface area contributed by atoms with E-state index in [1.807, 2.05) is 32.4 Å². The van der Waals surface area contributed by atoms with Crippen molar-refractivity contribution in [1.82, 2.24) is 4.98 Å². The summed E-state index contributed by atoms with van der Waals surface area (Å²) in [6.45, 7) is 2.05. The molecule has 0 unspecified atom stereocenters. The number of methoxy groups -OCH3 is 1. The van der Waals surface area contributed by atoms with E-state index in [1.54, 1.807) is 7.11 Å². The Kier molecular flexibility index (Phi) is 3.51. The number of pyridine rings is 1. The molecule has 0 saturated carbocycles. The minimum Gasteiger partial charge on any atom is -0.496 e. The normalized spacial score (nSPS) is 10.2. The third-order valence-corrected chi connectivity index (χ3v) is 2.89. The molecule has 0 N–H and O–H groups in total. The quantitative estimate of drug-likeness (QED) is 0.826. The maximum atomic E-state index is 5.43. The number of rotatable bonds is 3.